The van der Waals surface area contributed by atoms with Crippen LogP contribution >= 0.6 is 0 Å². The van der Waals surface area contributed by atoms with Crippen molar-refractivity contribution in [2.24, 2.45) is 0 Å². The van der Waals surface area contributed by atoms with Crippen molar-refractivity contribution in [2.75, 3.05) is 0 Å². The summed E-state index contributed by atoms with van der Waals surface area (Å²) >= 11 is 0. The van der Waals surface area contributed by atoms with Gasteiger partial charge in [-0.15, -0.1) is 0 Å². The number of phenolic OH excluding ortho intramolecular Hbond substituents is 1. The Labute approximate surface area is 79.8 Å². The number of aromatic hydroxyl groups is 1. The first-order chi connectivity index (χ1) is 6.50. The Bertz CT molecular complexity index is 373. The molecule has 0 bridgehead atoms. The van der Waals surface area contributed by atoms with Gasteiger partial charge in [0.25, 0.3) is 0 Å². The van der Waals surface area contributed by atoms with E-state index in [9.17, 15) is 13.9 Å². The van der Waals surface area contributed by atoms with Gasteiger partial charge in [0.1, 0.15) is 5.82 Å². The average molecular weight is 200 g/mol. The van der Waals surface area contributed by atoms with Gasteiger partial charge in [0.15, 0.2) is 11.6 Å². The van der Waals surface area contributed by atoms with E-state index in [-0.39, 0.29) is 12.0 Å². The van der Waals surface area contributed by atoms with Crippen LogP contribution in [0.2, 0.25) is 0 Å². The van der Waals surface area contributed by atoms with Crippen molar-refractivity contribution in [3.8, 4) is 5.75 Å². The molecule has 76 valence electrons. The number of phenols is 1. The van der Waals surface area contributed by atoms with Gasteiger partial charge in [-0.05, 0) is 24.5 Å². The summed E-state index contributed by atoms with van der Waals surface area (Å²) in [6.07, 6.45) is 1.39. The highest BCUT2D eigenvalue weighted by atomic mass is 19.1. The van der Waals surface area contributed by atoms with Crippen molar-refractivity contribution in [1.29, 1.82) is 0 Å². The first-order valence-electron chi connectivity index (χ1n) is 4.39. The molecular weight excluding hydrogens is 190 g/mol. The van der Waals surface area contributed by atoms with Crippen molar-refractivity contribution in [3.05, 3.63) is 29.3 Å². The van der Waals surface area contributed by atoms with Gasteiger partial charge in [0.05, 0.1) is 5.60 Å². The Morgan fingerprint density at radius 1 is 1.21 bits per heavy atom. The third kappa shape index (κ3) is 1.70. The Morgan fingerprint density at radius 2 is 1.86 bits per heavy atom. The maximum absolute atomic E-state index is 13.1. The average Bonchev–Trinajstić information content (AvgIpc) is 2.80. The van der Waals surface area contributed by atoms with E-state index >= 15 is 0 Å². The lowest BCUT2D eigenvalue weighted by Crippen LogP contribution is -2.12. The highest BCUT2D eigenvalue weighted by Crippen LogP contribution is 2.39. The molecule has 0 unspecified atom stereocenters. The molecule has 14 heavy (non-hydrogen) atoms. The number of rotatable bonds is 2. The highest BCUT2D eigenvalue weighted by Gasteiger charge is 2.40. The Balaban J connectivity index is 2.29. The second kappa shape index (κ2) is 2.92. The first kappa shape index (κ1) is 9.40. The van der Waals surface area contributed by atoms with Crippen LogP contribution < -0.4 is 0 Å². The molecule has 0 saturated heterocycles. The van der Waals surface area contributed by atoms with E-state index < -0.39 is 23.0 Å². The van der Waals surface area contributed by atoms with Crippen molar-refractivity contribution in [2.45, 2.75) is 24.9 Å². The fourth-order valence-electron chi connectivity index (χ4n) is 1.39. The molecule has 0 aliphatic heterocycles. The second-order valence-electron chi connectivity index (χ2n) is 3.80. The summed E-state index contributed by atoms with van der Waals surface area (Å²) in [6.45, 7) is 0. The molecule has 0 heterocycles. The largest absolute Gasteiger partial charge is 0.505 e. The number of benzene rings is 1. The van der Waals surface area contributed by atoms with Crippen LogP contribution in [0.3, 0.4) is 0 Å². The summed E-state index contributed by atoms with van der Waals surface area (Å²) in [7, 11) is 0. The quantitative estimate of drug-likeness (QED) is 0.763. The number of hydrogen-bond donors (Lipinski definition) is 2. The second-order valence-corrected chi connectivity index (χ2v) is 3.80. The molecule has 2 N–H and O–H groups in total. The lowest BCUT2D eigenvalue weighted by molar-refractivity contribution is 0.149. The molecule has 1 aromatic carbocycles. The van der Waals surface area contributed by atoms with Gasteiger partial charge in [-0.3, -0.25) is 0 Å². The molecule has 1 fully saturated rings. The Kier molecular flexibility index (Phi) is 1.96. The van der Waals surface area contributed by atoms with Crippen molar-refractivity contribution in [1.82, 2.24) is 0 Å². The Hall–Kier alpha value is -1.16. The van der Waals surface area contributed by atoms with Gasteiger partial charge in [0, 0.05) is 12.5 Å². The monoisotopic (exact) mass is 200 g/mol. The lowest BCUT2D eigenvalue weighted by Gasteiger charge is -2.09. The van der Waals surface area contributed by atoms with Gasteiger partial charge in [-0.1, -0.05) is 0 Å². The molecule has 1 aliphatic rings. The molecule has 0 amide bonds. The SMILES string of the molecule is Oc1cc(CC2(O)CC2)c(F)cc1F. The van der Waals surface area contributed by atoms with Crippen molar-refractivity contribution >= 4 is 0 Å². The number of hydrogen-bond acceptors (Lipinski definition) is 2. The van der Waals surface area contributed by atoms with E-state index in [1.54, 1.807) is 0 Å². The highest BCUT2D eigenvalue weighted by molar-refractivity contribution is 5.32. The van der Waals surface area contributed by atoms with Gasteiger partial charge in [0.2, 0.25) is 0 Å². The summed E-state index contributed by atoms with van der Waals surface area (Å²) in [5.41, 5.74) is -0.686. The van der Waals surface area contributed by atoms with Crippen LogP contribution in [0.4, 0.5) is 8.78 Å². The molecule has 0 spiro atoms. The van der Waals surface area contributed by atoms with Gasteiger partial charge >= 0.3 is 0 Å². The fraction of sp³-hybridized carbons (Fsp3) is 0.400. The van der Waals surface area contributed by atoms with Crippen LogP contribution in [0, 0.1) is 11.6 Å². The summed E-state index contributed by atoms with van der Waals surface area (Å²) in [4.78, 5) is 0. The molecule has 1 aromatic rings. The molecule has 4 heteroatoms. The molecule has 0 radical (unpaired) electrons. The van der Waals surface area contributed by atoms with E-state index in [1.807, 2.05) is 0 Å². The summed E-state index contributed by atoms with van der Waals surface area (Å²) in [6, 6.07) is 1.66. The van der Waals surface area contributed by atoms with Crippen LogP contribution in [0.1, 0.15) is 18.4 Å². The lowest BCUT2D eigenvalue weighted by atomic mass is 10.1. The smallest absolute Gasteiger partial charge is 0.167 e. The minimum atomic E-state index is -0.978. The predicted octanol–water partition coefficient (Wildman–Crippen LogP) is 1.74. The minimum Gasteiger partial charge on any atom is -0.505 e. The van der Waals surface area contributed by atoms with Gasteiger partial charge in [-0.25, -0.2) is 8.78 Å². The zero-order valence-electron chi connectivity index (χ0n) is 7.43. The third-order valence-corrected chi connectivity index (χ3v) is 2.46. The fourth-order valence-corrected chi connectivity index (χ4v) is 1.39. The van der Waals surface area contributed by atoms with E-state index in [0.29, 0.717) is 18.9 Å². The predicted molar refractivity (Wildman–Crippen MR) is 45.9 cm³/mol. The molecule has 2 nitrogen and oxygen atoms in total. The van der Waals surface area contributed by atoms with E-state index in [0.717, 1.165) is 6.07 Å². The zero-order valence-corrected chi connectivity index (χ0v) is 7.43. The van der Waals surface area contributed by atoms with E-state index in [1.165, 1.54) is 0 Å². The molecule has 1 aliphatic carbocycles. The van der Waals surface area contributed by atoms with Crippen LogP contribution in [-0.4, -0.2) is 15.8 Å². The van der Waals surface area contributed by atoms with Gasteiger partial charge in [-0.2, -0.15) is 0 Å². The summed E-state index contributed by atoms with van der Waals surface area (Å²) < 4.78 is 25.8. The molecule has 0 atom stereocenters. The first-order valence-corrected chi connectivity index (χ1v) is 4.39. The number of halogens is 2. The molecule has 2 rings (SSSR count). The Morgan fingerprint density at radius 3 is 2.43 bits per heavy atom. The van der Waals surface area contributed by atoms with Crippen LogP contribution in [0.5, 0.6) is 5.75 Å². The van der Waals surface area contributed by atoms with Crippen LogP contribution in [0.25, 0.3) is 0 Å². The van der Waals surface area contributed by atoms with Crippen LogP contribution in [-0.2, 0) is 6.42 Å². The molecule has 0 aromatic heterocycles. The van der Waals surface area contributed by atoms with E-state index in [4.69, 9.17) is 5.11 Å². The van der Waals surface area contributed by atoms with E-state index in [2.05, 4.69) is 0 Å². The standard InChI is InChI=1S/C10H10F2O2/c11-7-4-8(12)9(13)3-6(7)5-10(14)1-2-10/h3-4,13-14H,1-2,5H2. The van der Waals surface area contributed by atoms with Crippen LogP contribution in [0.15, 0.2) is 12.1 Å². The van der Waals surface area contributed by atoms with Gasteiger partial charge < -0.3 is 10.2 Å². The topological polar surface area (TPSA) is 40.5 Å². The normalized spacial score (nSPS) is 18.2. The maximum Gasteiger partial charge on any atom is 0.167 e. The zero-order chi connectivity index (χ0) is 10.3. The maximum atomic E-state index is 13.1. The molecule has 1 saturated carbocycles. The minimum absolute atomic E-state index is 0.132. The van der Waals surface area contributed by atoms with Crippen molar-refractivity contribution < 1.29 is 19.0 Å². The number of aliphatic hydroxyl groups is 1. The molecular formula is C10H10F2O2. The van der Waals surface area contributed by atoms with Crippen molar-refractivity contribution in [3.63, 3.8) is 0 Å². The summed E-state index contributed by atoms with van der Waals surface area (Å²) in [5.74, 6) is -2.28. The summed E-state index contributed by atoms with van der Waals surface area (Å²) in [5, 5.41) is 18.5. The third-order valence-electron chi connectivity index (χ3n) is 2.46.